The SMILES string of the molecule is CCCCC(CC)C(=O)NCC1CCNCC1. The Labute approximate surface area is 106 Å². The molecule has 2 N–H and O–H groups in total. The van der Waals surface area contributed by atoms with Crippen LogP contribution in [0, 0.1) is 11.8 Å². The standard InChI is InChI=1S/C14H28N2O/c1-3-5-6-13(4-2)14(17)16-11-12-7-9-15-10-8-12/h12-13,15H,3-11H2,1-2H3,(H,16,17). The Balaban J connectivity index is 2.21. The average Bonchev–Trinajstić information content (AvgIpc) is 2.38. The molecule has 0 bridgehead atoms. The number of hydrogen-bond donors (Lipinski definition) is 2. The molecule has 1 aliphatic heterocycles. The van der Waals surface area contributed by atoms with Gasteiger partial charge in [-0.1, -0.05) is 26.7 Å². The fourth-order valence-corrected chi connectivity index (χ4v) is 2.45. The summed E-state index contributed by atoms with van der Waals surface area (Å²) in [5.74, 6) is 1.19. The summed E-state index contributed by atoms with van der Waals surface area (Å²) in [6.07, 6.45) is 6.76. The van der Waals surface area contributed by atoms with Crippen LogP contribution in [0.4, 0.5) is 0 Å². The van der Waals surface area contributed by atoms with Crippen LogP contribution in [-0.4, -0.2) is 25.5 Å². The smallest absolute Gasteiger partial charge is 0.223 e. The van der Waals surface area contributed by atoms with Crippen molar-refractivity contribution in [2.24, 2.45) is 11.8 Å². The van der Waals surface area contributed by atoms with Crippen molar-refractivity contribution in [3.8, 4) is 0 Å². The van der Waals surface area contributed by atoms with Gasteiger partial charge in [0.25, 0.3) is 0 Å². The van der Waals surface area contributed by atoms with E-state index < -0.39 is 0 Å². The van der Waals surface area contributed by atoms with E-state index in [9.17, 15) is 4.79 Å². The first-order valence-electron chi connectivity index (χ1n) is 7.26. The first-order valence-corrected chi connectivity index (χ1v) is 7.26. The number of rotatable bonds is 7. The minimum Gasteiger partial charge on any atom is -0.356 e. The number of unbranched alkanes of at least 4 members (excludes halogenated alkanes) is 1. The molecule has 0 radical (unpaired) electrons. The van der Waals surface area contributed by atoms with Gasteiger partial charge in [-0.25, -0.2) is 0 Å². The fraction of sp³-hybridized carbons (Fsp3) is 0.929. The second kappa shape index (κ2) is 8.51. The van der Waals surface area contributed by atoms with Crippen molar-refractivity contribution < 1.29 is 4.79 Å². The molecule has 0 aromatic carbocycles. The molecule has 0 saturated carbocycles. The third-order valence-electron chi connectivity index (χ3n) is 3.79. The van der Waals surface area contributed by atoms with E-state index in [1.807, 2.05) is 0 Å². The Kier molecular flexibility index (Phi) is 7.25. The highest BCUT2D eigenvalue weighted by Gasteiger charge is 2.18. The summed E-state index contributed by atoms with van der Waals surface area (Å²) < 4.78 is 0. The van der Waals surface area contributed by atoms with Gasteiger partial charge in [-0.05, 0) is 44.7 Å². The number of hydrogen-bond acceptors (Lipinski definition) is 2. The van der Waals surface area contributed by atoms with Crippen molar-refractivity contribution in [1.82, 2.24) is 10.6 Å². The highest BCUT2D eigenvalue weighted by molar-refractivity contribution is 5.78. The van der Waals surface area contributed by atoms with Crippen LogP contribution < -0.4 is 10.6 Å². The van der Waals surface area contributed by atoms with Crippen LogP contribution in [0.2, 0.25) is 0 Å². The van der Waals surface area contributed by atoms with Crippen molar-refractivity contribution >= 4 is 5.91 Å². The molecule has 100 valence electrons. The molecule has 1 aliphatic rings. The zero-order chi connectivity index (χ0) is 12.5. The molecule has 1 saturated heterocycles. The number of piperidine rings is 1. The lowest BCUT2D eigenvalue weighted by atomic mass is 9.96. The number of carbonyl (C=O) groups excluding carboxylic acids is 1. The Bertz CT molecular complexity index is 212. The van der Waals surface area contributed by atoms with Crippen LogP contribution in [0.1, 0.15) is 52.4 Å². The molecule has 0 aromatic rings. The van der Waals surface area contributed by atoms with Gasteiger partial charge in [-0.3, -0.25) is 4.79 Å². The molecule has 0 aromatic heterocycles. The van der Waals surface area contributed by atoms with E-state index >= 15 is 0 Å². The minimum atomic E-state index is 0.233. The quantitative estimate of drug-likeness (QED) is 0.717. The molecule has 1 amide bonds. The Morgan fingerprint density at radius 2 is 2.06 bits per heavy atom. The van der Waals surface area contributed by atoms with Crippen molar-refractivity contribution in [2.75, 3.05) is 19.6 Å². The Morgan fingerprint density at radius 1 is 1.35 bits per heavy atom. The van der Waals surface area contributed by atoms with Crippen LogP contribution in [-0.2, 0) is 4.79 Å². The van der Waals surface area contributed by atoms with Crippen LogP contribution in [0.15, 0.2) is 0 Å². The van der Waals surface area contributed by atoms with Gasteiger partial charge in [0.15, 0.2) is 0 Å². The van der Waals surface area contributed by atoms with Gasteiger partial charge in [-0.15, -0.1) is 0 Å². The Hall–Kier alpha value is -0.570. The molecule has 1 atom stereocenters. The zero-order valence-corrected chi connectivity index (χ0v) is 11.4. The molecular weight excluding hydrogens is 212 g/mol. The molecular formula is C14H28N2O. The summed E-state index contributed by atoms with van der Waals surface area (Å²) in [5.41, 5.74) is 0. The van der Waals surface area contributed by atoms with E-state index in [1.165, 1.54) is 25.7 Å². The molecule has 3 nitrogen and oxygen atoms in total. The van der Waals surface area contributed by atoms with E-state index in [4.69, 9.17) is 0 Å². The maximum atomic E-state index is 12.0. The maximum absolute atomic E-state index is 12.0. The first kappa shape index (κ1) is 14.5. The minimum absolute atomic E-state index is 0.233. The summed E-state index contributed by atoms with van der Waals surface area (Å²) in [4.78, 5) is 12.0. The molecule has 1 heterocycles. The monoisotopic (exact) mass is 240 g/mol. The van der Waals surface area contributed by atoms with Gasteiger partial charge >= 0.3 is 0 Å². The van der Waals surface area contributed by atoms with Gasteiger partial charge in [-0.2, -0.15) is 0 Å². The fourth-order valence-electron chi connectivity index (χ4n) is 2.45. The molecule has 0 spiro atoms. The van der Waals surface area contributed by atoms with Gasteiger partial charge < -0.3 is 10.6 Å². The second-order valence-electron chi connectivity index (χ2n) is 5.19. The predicted octanol–water partition coefficient (Wildman–Crippen LogP) is 2.32. The largest absolute Gasteiger partial charge is 0.356 e. The van der Waals surface area contributed by atoms with Crippen molar-refractivity contribution in [1.29, 1.82) is 0 Å². The van der Waals surface area contributed by atoms with Gasteiger partial charge in [0.2, 0.25) is 5.91 Å². The molecule has 1 rings (SSSR count). The lowest BCUT2D eigenvalue weighted by Gasteiger charge is -2.24. The van der Waals surface area contributed by atoms with Crippen molar-refractivity contribution in [3.05, 3.63) is 0 Å². The molecule has 0 aliphatic carbocycles. The van der Waals surface area contributed by atoms with E-state index in [0.29, 0.717) is 5.92 Å². The highest BCUT2D eigenvalue weighted by atomic mass is 16.1. The van der Waals surface area contributed by atoms with Gasteiger partial charge in [0.1, 0.15) is 0 Å². The van der Waals surface area contributed by atoms with Crippen LogP contribution in [0.25, 0.3) is 0 Å². The van der Waals surface area contributed by atoms with E-state index in [2.05, 4.69) is 24.5 Å². The van der Waals surface area contributed by atoms with E-state index in [1.54, 1.807) is 0 Å². The van der Waals surface area contributed by atoms with Crippen LogP contribution >= 0.6 is 0 Å². The zero-order valence-electron chi connectivity index (χ0n) is 11.4. The van der Waals surface area contributed by atoms with E-state index in [0.717, 1.165) is 32.5 Å². The molecule has 1 fully saturated rings. The lowest BCUT2D eigenvalue weighted by molar-refractivity contribution is -0.125. The lowest BCUT2D eigenvalue weighted by Crippen LogP contribution is -2.38. The normalized spacial score (nSPS) is 18.9. The topological polar surface area (TPSA) is 41.1 Å². The number of nitrogens with one attached hydrogen (secondary N) is 2. The third-order valence-corrected chi connectivity index (χ3v) is 3.79. The molecule has 3 heteroatoms. The van der Waals surface area contributed by atoms with E-state index in [-0.39, 0.29) is 11.8 Å². The average molecular weight is 240 g/mol. The summed E-state index contributed by atoms with van der Waals surface area (Å²) in [6, 6.07) is 0. The first-order chi connectivity index (χ1) is 8.27. The van der Waals surface area contributed by atoms with Crippen LogP contribution in [0.3, 0.4) is 0 Å². The van der Waals surface area contributed by atoms with Crippen LogP contribution in [0.5, 0.6) is 0 Å². The summed E-state index contributed by atoms with van der Waals surface area (Å²) in [6.45, 7) is 7.38. The number of carbonyl (C=O) groups is 1. The molecule has 17 heavy (non-hydrogen) atoms. The van der Waals surface area contributed by atoms with Gasteiger partial charge in [0, 0.05) is 12.5 Å². The maximum Gasteiger partial charge on any atom is 0.223 e. The van der Waals surface area contributed by atoms with Crippen molar-refractivity contribution in [2.45, 2.75) is 52.4 Å². The number of amides is 1. The predicted molar refractivity (Wildman–Crippen MR) is 71.9 cm³/mol. The summed E-state index contributed by atoms with van der Waals surface area (Å²) in [5, 5.41) is 6.50. The third kappa shape index (κ3) is 5.53. The summed E-state index contributed by atoms with van der Waals surface area (Å²) in [7, 11) is 0. The van der Waals surface area contributed by atoms with Crippen molar-refractivity contribution in [3.63, 3.8) is 0 Å². The molecule has 1 unspecified atom stereocenters. The highest BCUT2D eigenvalue weighted by Crippen LogP contribution is 2.14. The van der Waals surface area contributed by atoms with Gasteiger partial charge in [0.05, 0.1) is 0 Å². The second-order valence-corrected chi connectivity index (χ2v) is 5.19. The Morgan fingerprint density at radius 3 is 2.65 bits per heavy atom. The summed E-state index contributed by atoms with van der Waals surface area (Å²) >= 11 is 0.